The van der Waals surface area contributed by atoms with Crippen LogP contribution in [-0.2, 0) is 13.1 Å². The molecule has 1 heterocycles. The number of rotatable bonds is 5. The van der Waals surface area contributed by atoms with Gasteiger partial charge >= 0.3 is 0 Å². The van der Waals surface area contributed by atoms with Crippen molar-refractivity contribution < 1.29 is 14.4 Å². The largest absolute Gasteiger partial charge is 0.507 e. The third-order valence-electron chi connectivity index (χ3n) is 5.01. The number of halogens is 1. The molecule has 0 aliphatic heterocycles. The predicted octanol–water partition coefficient (Wildman–Crippen LogP) is 4.03. The molecular formula is C24H21ClNO3+. The molecule has 4 aromatic rings. The second kappa shape index (κ2) is 8.11. The Morgan fingerprint density at radius 1 is 0.931 bits per heavy atom. The maximum atomic E-state index is 13.1. The van der Waals surface area contributed by atoms with Gasteiger partial charge in [0.15, 0.2) is 0 Å². The van der Waals surface area contributed by atoms with Crippen LogP contribution in [-0.4, -0.2) is 12.2 Å². The van der Waals surface area contributed by atoms with Crippen molar-refractivity contribution in [2.24, 2.45) is 0 Å². The van der Waals surface area contributed by atoms with E-state index in [0.717, 1.165) is 11.4 Å². The van der Waals surface area contributed by atoms with Crippen molar-refractivity contribution >= 4 is 22.6 Å². The molecule has 146 valence electrons. The zero-order chi connectivity index (χ0) is 20.4. The quantitative estimate of drug-likeness (QED) is 0.526. The standard InChI is InChI=1S/C24H20ClNO3/c1-26(13-16-7-3-2-4-8-16)14-19-22(27)12-11-18-23(28)20(15-29-24(18)19)17-9-5-6-10-21(17)25/h2-12,15,27H,13-14H2,1H3/p+1. The second-order valence-electron chi connectivity index (χ2n) is 7.19. The zero-order valence-corrected chi connectivity index (χ0v) is 16.7. The van der Waals surface area contributed by atoms with Crippen molar-refractivity contribution in [3.8, 4) is 16.9 Å². The Balaban J connectivity index is 1.74. The van der Waals surface area contributed by atoms with Crippen molar-refractivity contribution in [3.63, 3.8) is 0 Å². The molecule has 4 rings (SSSR count). The molecule has 0 saturated heterocycles. The minimum Gasteiger partial charge on any atom is -0.507 e. The first kappa shape index (κ1) is 19.2. The maximum Gasteiger partial charge on any atom is 0.200 e. The number of phenolic OH excluding ortho intramolecular Hbond substituents is 1. The molecule has 0 fully saturated rings. The van der Waals surface area contributed by atoms with Gasteiger partial charge < -0.3 is 14.4 Å². The van der Waals surface area contributed by atoms with E-state index in [2.05, 4.69) is 12.1 Å². The summed E-state index contributed by atoms with van der Waals surface area (Å²) in [5.74, 6) is 0.124. The van der Waals surface area contributed by atoms with Gasteiger partial charge in [-0.05, 0) is 18.2 Å². The van der Waals surface area contributed by atoms with Crippen LogP contribution in [0, 0.1) is 0 Å². The third kappa shape index (κ3) is 3.90. The summed E-state index contributed by atoms with van der Waals surface area (Å²) in [6.07, 6.45) is 1.43. The van der Waals surface area contributed by atoms with Gasteiger partial charge in [0.05, 0.1) is 23.6 Å². The number of fused-ring (bicyclic) bond motifs is 1. The fourth-order valence-electron chi connectivity index (χ4n) is 3.59. The van der Waals surface area contributed by atoms with Crippen molar-refractivity contribution in [1.82, 2.24) is 0 Å². The molecule has 0 aliphatic carbocycles. The van der Waals surface area contributed by atoms with Crippen molar-refractivity contribution in [1.29, 1.82) is 0 Å². The lowest BCUT2D eigenvalue weighted by Crippen LogP contribution is -3.06. The highest BCUT2D eigenvalue weighted by molar-refractivity contribution is 6.33. The van der Waals surface area contributed by atoms with E-state index >= 15 is 0 Å². The lowest BCUT2D eigenvalue weighted by Gasteiger charge is -2.16. The number of benzene rings is 3. The van der Waals surface area contributed by atoms with Gasteiger partial charge in [-0.15, -0.1) is 0 Å². The first-order valence-electron chi connectivity index (χ1n) is 9.41. The summed E-state index contributed by atoms with van der Waals surface area (Å²) in [7, 11) is 2.04. The van der Waals surface area contributed by atoms with Crippen molar-refractivity contribution in [3.05, 3.63) is 99.4 Å². The smallest absolute Gasteiger partial charge is 0.200 e. The molecule has 0 spiro atoms. The monoisotopic (exact) mass is 406 g/mol. The first-order valence-corrected chi connectivity index (χ1v) is 9.79. The van der Waals surface area contributed by atoms with Gasteiger partial charge in [-0.25, -0.2) is 0 Å². The van der Waals surface area contributed by atoms with Gasteiger partial charge in [-0.1, -0.05) is 60.1 Å². The fourth-order valence-corrected chi connectivity index (χ4v) is 3.83. The Kier molecular flexibility index (Phi) is 5.38. The average molecular weight is 407 g/mol. The number of phenols is 1. The van der Waals surface area contributed by atoms with Crippen LogP contribution in [0.5, 0.6) is 5.75 Å². The highest BCUT2D eigenvalue weighted by Crippen LogP contribution is 2.30. The van der Waals surface area contributed by atoms with Gasteiger partial charge in [-0.2, -0.15) is 0 Å². The predicted molar refractivity (Wildman–Crippen MR) is 115 cm³/mol. The Bertz CT molecular complexity index is 1220. The summed E-state index contributed by atoms with van der Waals surface area (Å²) in [6, 6.07) is 20.5. The Morgan fingerprint density at radius 2 is 1.66 bits per heavy atom. The van der Waals surface area contributed by atoms with Crippen LogP contribution in [0.4, 0.5) is 0 Å². The number of hydrogen-bond acceptors (Lipinski definition) is 3. The molecule has 2 N–H and O–H groups in total. The van der Waals surface area contributed by atoms with E-state index in [9.17, 15) is 9.90 Å². The summed E-state index contributed by atoms with van der Waals surface area (Å²) in [6.45, 7) is 1.31. The lowest BCUT2D eigenvalue weighted by atomic mass is 10.0. The molecule has 1 atom stereocenters. The molecule has 0 radical (unpaired) electrons. The van der Waals surface area contributed by atoms with E-state index in [1.54, 1.807) is 24.3 Å². The first-order chi connectivity index (χ1) is 14.0. The van der Waals surface area contributed by atoms with Crippen LogP contribution in [0.2, 0.25) is 5.02 Å². The fraction of sp³-hybridized carbons (Fsp3) is 0.125. The molecule has 29 heavy (non-hydrogen) atoms. The topological polar surface area (TPSA) is 54.9 Å². The van der Waals surface area contributed by atoms with Gasteiger partial charge in [0, 0.05) is 16.1 Å². The van der Waals surface area contributed by atoms with E-state index in [1.807, 2.05) is 37.4 Å². The van der Waals surface area contributed by atoms with Gasteiger partial charge in [0.25, 0.3) is 0 Å². The highest BCUT2D eigenvalue weighted by atomic mass is 35.5. The van der Waals surface area contributed by atoms with Crippen LogP contribution < -0.4 is 10.3 Å². The molecule has 0 amide bonds. The molecule has 0 aliphatic rings. The SMILES string of the molecule is C[NH+](Cc1ccccc1)Cc1c(O)ccc2c(=O)c(-c3ccccc3Cl)coc12. The van der Waals surface area contributed by atoms with Gasteiger partial charge in [0.1, 0.15) is 30.7 Å². The normalized spacial score (nSPS) is 12.2. The Hall–Kier alpha value is -3.08. The summed E-state index contributed by atoms with van der Waals surface area (Å²) in [5.41, 5.74) is 3.11. The zero-order valence-electron chi connectivity index (χ0n) is 16.0. The number of aromatic hydroxyl groups is 1. The molecule has 5 heteroatoms. The molecular weight excluding hydrogens is 386 g/mol. The summed E-state index contributed by atoms with van der Waals surface area (Å²) >= 11 is 6.26. The minimum absolute atomic E-state index is 0.124. The van der Waals surface area contributed by atoms with Crippen LogP contribution in [0.1, 0.15) is 11.1 Å². The van der Waals surface area contributed by atoms with E-state index in [-0.39, 0.29) is 11.2 Å². The highest BCUT2D eigenvalue weighted by Gasteiger charge is 2.19. The summed E-state index contributed by atoms with van der Waals surface area (Å²) in [4.78, 5) is 14.3. The second-order valence-corrected chi connectivity index (χ2v) is 7.60. The molecule has 0 bridgehead atoms. The Morgan fingerprint density at radius 3 is 2.41 bits per heavy atom. The summed E-state index contributed by atoms with van der Waals surface area (Å²) < 4.78 is 5.86. The lowest BCUT2D eigenvalue weighted by molar-refractivity contribution is -0.907. The van der Waals surface area contributed by atoms with E-state index in [4.69, 9.17) is 16.0 Å². The molecule has 1 unspecified atom stereocenters. The third-order valence-corrected chi connectivity index (χ3v) is 5.34. The van der Waals surface area contributed by atoms with Crippen molar-refractivity contribution in [2.45, 2.75) is 13.1 Å². The summed E-state index contributed by atoms with van der Waals surface area (Å²) in [5, 5.41) is 11.4. The average Bonchev–Trinajstić information content (AvgIpc) is 2.72. The van der Waals surface area contributed by atoms with E-state index < -0.39 is 0 Å². The van der Waals surface area contributed by atoms with Crippen LogP contribution in [0.25, 0.3) is 22.1 Å². The van der Waals surface area contributed by atoms with Crippen LogP contribution in [0.15, 0.2) is 82.2 Å². The molecule has 4 nitrogen and oxygen atoms in total. The van der Waals surface area contributed by atoms with Crippen LogP contribution in [0.3, 0.4) is 0 Å². The molecule has 3 aromatic carbocycles. The van der Waals surface area contributed by atoms with Gasteiger partial charge in [-0.3, -0.25) is 4.79 Å². The number of hydrogen-bond donors (Lipinski definition) is 2. The minimum atomic E-state index is -0.165. The number of nitrogens with one attached hydrogen (secondary N) is 1. The van der Waals surface area contributed by atoms with Crippen molar-refractivity contribution in [2.75, 3.05) is 7.05 Å². The number of quaternary nitrogens is 1. The van der Waals surface area contributed by atoms with Gasteiger partial charge in [0.2, 0.25) is 5.43 Å². The van der Waals surface area contributed by atoms with Crippen LogP contribution >= 0.6 is 11.6 Å². The maximum absolute atomic E-state index is 13.1. The van der Waals surface area contributed by atoms with E-state index in [1.165, 1.54) is 11.8 Å². The van der Waals surface area contributed by atoms with E-state index in [0.29, 0.717) is 39.2 Å². The molecule has 0 saturated carbocycles. The molecule has 1 aromatic heterocycles. The Labute approximate surface area is 173 Å².